The summed E-state index contributed by atoms with van der Waals surface area (Å²) in [6.45, 7) is 3.39. The molecular weight excluding hydrogens is 204 g/mol. The van der Waals surface area contributed by atoms with Crippen molar-refractivity contribution in [2.75, 3.05) is 17.2 Å². The molecule has 6 N–H and O–H groups in total. The lowest BCUT2D eigenvalue weighted by Gasteiger charge is -2.21. The highest BCUT2D eigenvalue weighted by Gasteiger charge is 2.26. The highest BCUT2D eigenvalue weighted by molar-refractivity contribution is 6.09. The summed E-state index contributed by atoms with van der Waals surface area (Å²) in [6, 6.07) is 0. The molecule has 84 valence electrons. The molecule has 2 rings (SSSR count). The Morgan fingerprint density at radius 1 is 1.06 bits per heavy atom. The van der Waals surface area contributed by atoms with Gasteiger partial charge in [0.1, 0.15) is 5.69 Å². The van der Waals surface area contributed by atoms with Crippen LogP contribution in [-0.2, 0) is 6.42 Å². The predicted octanol–water partition coefficient (Wildman–Crippen LogP) is 1.28. The molecule has 0 fully saturated rings. The number of rotatable bonds is 1. The van der Waals surface area contributed by atoms with Crippen molar-refractivity contribution >= 4 is 35.3 Å². The van der Waals surface area contributed by atoms with E-state index >= 15 is 0 Å². The molecule has 16 heavy (non-hydrogen) atoms. The molecule has 0 heterocycles. The van der Waals surface area contributed by atoms with Crippen molar-refractivity contribution in [3.63, 3.8) is 0 Å². The average Bonchev–Trinajstić information content (AvgIpc) is 2.26. The second-order valence-corrected chi connectivity index (χ2v) is 3.88. The number of hydrogen-bond donors (Lipinski definition) is 3. The number of nitrogens with zero attached hydrogens (tertiary/aromatic N) is 1. The minimum absolute atomic E-state index is 0.00958. The van der Waals surface area contributed by atoms with Gasteiger partial charge in [0.2, 0.25) is 0 Å². The Balaban J connectivity index is 2.83. The maximum atomic E-state index is 11.8. The van der Waals surface area contributed by atoms with Gasteiger partial charge in [-0.25, -0.2) is 0 Å². The van der Waals surface area contributed by atoms with Crippen LogP contribution in [-0.4, -0.2) is 12.5 Å². The molecule has 0 saturated heterocycles. The van der Waals surface area contributed by atoms with Gasteiger partial charge in [-0.2, -0.15) is 0 Å². The van der Waals surface area contributed by atoms with Crippen LogP contribution in [0, 0.1) is 0 Å². The van der Waals surface area contributed by atoms with E-state index in [-0.39, 0.29) is 5.78 Å². The van der Waals surface area contributed by atoms with Crippen LogP contribution in [0.3, 0.4) is 0 Å². The highest BCUT2D eigenvalue weighted by atomic mass is 16.1. The Bertz CT molecular complexity index is 493. The van der Waals surface area contributed by atoms with Gasteiger partial charge in [0.05, 0.1) is 17.1 Å². The number of ketones is 1. The molecule has 0 saturated carbocycles. The second kappa shape index (κ2) is 3.52. The number of carbonyl (C=O) groups excluding carboxylic acids is 1. The molecule has 0 amide bonds. The van der Waals surface area contributed by atoms with Crippen LogP contribution >= 0.6 is 0 Å². The van der Waals surface area contributed by atoms with Gasteiger partial charge in [0, 0.05) is 12.0 Å². The zero-order valence-corrected chi connectivity index (χ0v) is 8.92. The van der Waals surface area contributed by atoms with Crippen LogP contribution in [0.15, 0.2) is 4.99 Å². The van der Waals surface area contributed by atoms with Crippen molar-refractivity contribution < 1.29 is 4.79 Å². The lowest BCUT2D eigenvalue weighted by molar-refractivity contribution is 0.0973. The first-order chi connectivity index (χ1) is 7.57. The van der Waals surface area contributed by atoms with Crippen molar-refractivity contribution in [2.24, 2.45) is 4.99 Å². The number of carbonyl (C=O) groups is 1. The third-order valence-corrected chi connectivity index (χ3v) is 2.96. The van der Waals surface area contributed by atoms with Crippen LogP contribution in [0.4, 0.5) is 22.7 Å². The summed E-state index contributed by atoms with van der Waals surface area (Å²) in [5, 5.41) is 0. The van der Waals surface area contributed by atoms with Crippen LogP contribution in [0.25, 0.3) is 0 Å². The molecule has 1 aliphatic rings. The van der Waals surface area contributed by atoms with Crippen molar-refractivity contribution in [1.29, 1.82) is 0 Å². The van der Waals surface area contributed by atoms with Gasteiger partial charge in [-0.3, -0.25) is 9.79 Å². The average molecular weight is 218 g/mol. The van der Waals surface area contributed by atoms with E-state index in [0.717, 1.165) is 18.4 Å². The van der Waals surface area contributed by atoms with Gasteiger partial charge < -0.3 is 17.2 Å². The summed E-state index contributed by atoms with van der Waals surface area (Å²) in [7, 11) is 0. The van der Waals surface area contributed by atoms with Gasteiger partial charge in [-0.15, -0.1) is 0 Å². The monoisotopic (exact) mass is 218 g/mol. The normalized spacial score (nSPS) is 14.6. The van der Waals surface area contributed by atoms with Gasteiger partial charge in [-0.05, 0) is 25.1 Å². The van der Waals surface area contributed by atoms with E-state index in [1.54, 1.807) is 0 Å². The lowest BCUT2D eigenvalue weighted by Crippen LogP contribution is -2.17. The van der Waals surface area contributed by atoms with Crippen LogP contribution in [0.5, 0.6) is 0 Å². The number of nitrogens with two attached hydrogens (primary N) is 3. The summed E-state index contributed by atoms with van der Waals surface area (Å²) in [5.74, 6) is 0.00958. The maximum Gasteiger partial charge on any atom is 0.165 e. The summed E-state index contributed by atoms with van der Waals surface area (Å²) < 4.78 is 0. The first-order valence-corrected chi connectivity index (χ1v) is 5.07. The Hall–Kier alpha value is -2.04. The SMILES string of the molecule is C=Nc1c(N)c(N)c2c(c1N)C(=O)CCC2. The number of hydrogen-bond acceptors (Lipinski definition) is 5. The zero-order chi connectivity index (χ0) is 11.9. The van der Waals surface area contributed by atoms with Crippen LogP contribution < -0.4 is 17.2 Å². The first-order valence-electron chi connectivity index (χ1n) is 5.07. The minimum Gasteiger partial charge on any atom is -0.397 e. The third kappa shape index (κ3) is 1.25. The molecular formula is C11H14N4O. The molecule has 1 aromatic carbocycles. The Morgan fingerprint density at radius 3 is 2.38 bits per heavy atom. The molecule has 5 heteroatoms. The maximum absolute atomic E-state index is 11.8. The van der Waals surface area contributed by atoms with E-state index in [2.05, 4.69) is 11.7 Å². The Kier molecular flexibility index (Phi) is 2.30. The summed E-state index contributed by atoms with van der Waals surface area (Å²) in [4.78, 5) is 15.5. The Labute approximate surface area is 93.3 Å². The number of anilines is 3. The highest BCUT2D eigenvalue weighted by Crippen LogP contribution is 2.42. The minimum atomic E-state index is 0.00958. The molecule has 1 aliphatic carbocycles. The van der Waals surface area contributed by atoms with E-state index in [0.29, 0.717) is 34.7 Å². The zero-order valence-electron chi connectivity index (χ0n) is 8.92. The first kappa shape index (κ1) is 10.5. The lowest BCUT2D eigenvalue weighted by atomic mass is 9.87. The molecule has 0 aliphatic heterocycles. The molecule has 5 nitrogen and oxygen atoms in total. The fourth-order valence-corrected chi connectivity index (χ4v) is 2.15. The molecule has 0 radical (unpaired) electrons. The topological polar surface area (TPSA) is 107 Å². The van der Waals surface area contributed by atoms with Gasteiger partial charge >= 0.3 is 0 Å². The van der Waals surface area contributed by atoms with Crippen molar-refractivity contribution in [1.82, 2.24) is 0 Å². The van der Waals surface area contributed by atoms with E-state index in [1.807, 2.05) is 0 Å². The summed E-state index contributed by atoms with van der Waals surface area (Å²) in [5.41, 5.74) is 20.2. The molecule has 0 aromatic heterocycles. The van der Waals surface area contributed by atoms with Crippen molar-refractivity contribution in [3.05, 3.63) is 11.1 Å². The van der Waals surface area contributed by atoms with Gasteiger partial charge in [-0.1, -0.05) is 0 Å². The predicted molar refractivity (Wildman–Crippen MR) is 66.2 cm³/mol. The fourth-order valence-electron chi connectivity index (χ4n) is 2.15. The third-order valence-electron chi connectivity index (χ3n) is 2.96. The van der Waals surface area contributed by atoms with Crippen LogP contribution in [0.1, 0.15) is 28.8 Å². The van der Waals surface area contributed by atoms with Crippen molar-refractivity contribution in [2.45, 2.75) is 19.3 Å². The molecule has 0 unspecified atom stereocenters. The standard InChI is InChI=1S/C11H14N4O/c1-15-11-9(13)7-5(8(12)10(11)14)3-2-4-6(7)16/h1-4,12-14H2. The second-order valence-electron chi connectivity index (χ2n) is 3.88. The van der Waals surface area contributed by atoms with E-state index in [9.17, 15) is 4.79 Å². The number of nitrogen functional groups attached to an aromatic ring is 3. The van der Waals surface area contributed by atoms with Crippen LogP contribution in [0.2, 0.25) is 0 Å². The molecule has 0 spiro atoms. The summed E-state index contributed by atoms with van der Waals surface area (Å²) >= 11 is 0. The largest absolute Gasteiger partial charge is 0.397 e. The van der Waals surface area contributed by atoms with Crippen molar-refractivity contribution in [3.8, 4) is 0 Å². The fraction of sp³-hybridized carbons (Fsp3) is 0.273. The van der Waals surface area contributed by atoms with Gasteiger partial charge in [0.25, 0.3) is 0 Å². The quantitative estimate of drug-likeness (QED) is 0.487. The van der Waals surface area contributed by atoms with Gasteiger partial charge in [0.15, 0.2) is 5.78 Å². The van der Waals surface area contributed by atoms with E-state index in [4.69, 9.17) is 17.2 Å². The Morgan fingerprint density at radius 2 is 1.75 bits per heavy atom. The number of Topliss-reactive ketones (excluding diaryl/α,β-unsaturated/α-hetero) is 1. The number of aliphatic imine (C=N–C) groups is 1. The molecule has 0 bridgehead atoms. The molecule has 1 aromatic rings. The van der Waals surface area contributed by atoms with E-state index in [1.165, 1.54) is 0 Å². The summed E-state index contributed by atoms with van der Waals surface area (Å²) in [6.07, 6.45) is 2.02. The smallest absolute Gasteiger partial charge is 0.165 e. The number of benzene rings is 1. The number of fused-ring (bicyclic) bond motifs is 1. The van der Waals surface area contributed by atoms with E-state index < -0.39 is 0 Å². The molecule has 0 atom stereocenters.